The van der Waals surface area contributed by atoms with E-state index in [9.17, 15) is 9.18 Å². The number of carbonyl (C=O) groups is 1. The number of amides is 1. The van der Waals surface area contributed by atoms with Gasteiger partial charge < -0.3 is 15.4 Å². The lowest BCUT2D eigenvalue weighted by atomic mass is 9.99. The van der Waals surface area contributed by atoms with E-state index in [-0.39, 0.29) is 18.3 Å². The van der Waals surface area contributed by atoms with E-state index in [2.05, 4.69) is 0 Å². The molecule has 0 bridgehead atoms. The molecule has 1 saturated heterocycles. The molecule has 4 nitrogen and oxygen atoms in total. The standard InChI is InChI=1S/C14H19FN2O2/c15-12-3-5-13(6-4-12)19-10-11-2-1-7-17(9-11)14(18)8-16/h3-6,11H,1-2,7-10,16H2/t11-/m0/s1. The Morgan fingerprint density at radius 2 is 2.16 bits per heavy atom. The number of likely N-dealkylation sites (tertiary alicyclic amines) is 1. The van der Waals surface area contributed by atoms with Crippen LogP contribution in [-0.4, -0.2) is 37.0 Å². The van der Waals surface area contributed by atoms with Crippen LogP contribution >= 0.6 is 0 Å². The summed E-state index contributed by atoms with van der Waals surface area (Å²) >= 11 is 0. The van der Waals surface area contributed by atoms with Crippen molar-refractivity contribution in [1.82, 2.24) is 4.90 Å². The molecular weight excluding hydrogens is 247 g/mol. The summed E-state index contributed by atoms with van der Waals surface area (Å²) in [5, 5.41) is 0. The highest BCUT2D eigenvalue weighted by Crippen LogP contribution is 2.19. The van der Waals surface area contributed by atoms with Gasteiger partial charge in [0.05, 0.1) is 13.2 Å². The van der Waals surface area contributed by atoms with Crippen LogP contribution in [0, 0.1) is 11.7 Å². The maximum absolute atomic E-state index is 12.7. The number of hydrogen-bond acceptors (Lipinski definition) is 3. The van der Waals surface area contributed by atoms with Gasteiger partial charge in [0, 0.05) is 19.0 Å². The third-order valence-corrected chi connectivity index (χ3v) is 3.35. The first kappa shape index (κ1) is 13.8. The minimum atomic E-state index is -0.273. The second-order valence-corrected chi connectivity index (χ2v) is 4.82. The number of carbonyl (C=O) groups excluding carboxylic acids is 1. The lowest BCUT2D eigenvalue weighted by Gasteiger charge is -2.32. The van der Waals surface area contributed by atoms with Crippen LogP contribution in [-0.2, 0) is 4.79 Å². The van der Waals surface area contributed by atoms with Gasteiger partial charge in [-0.25, -0.2) is 4.39 Å². The Hall–Kier alpha value is -1.62. The van der Waals surface area contributed by atoms with Crippen LogP contribution in [0.25, 0.3) is 0 Å². The molecule has 0 aromatic heterocycles. The summed E-state index contributed by atoms with van der Waals surface area (Å²) < 4.78 is 18.4. The molecule has 2 rings (SSSR count). The Labute approximate surface area is 112 Å². The monoisotopic (exact) mass is 266 g/mol. The molecule has 1 aromatic rings. The number of benzene rings is 1. The summed E-state index contributed by atoms with van der Waals surface area (Å²) in [6.07, 6.45) is 2.01. The van der Waals surface area contributed by atoms with Crippen LogP contribution in [0.2, 0.25) is 0 Å². The normalized spacial score (nSPS) is 19.3. The van der Waals surface area contributed by atoms with Gasteiger partial charge >= 0.3 is 0 Å². The summed E-state index contributed by atoms with van der Waals surface area (Å²) in [6.45, 7) is 2.08. The largest absolute Gasteiger partial charge is 0.493 e. The minimum absolute atomic E-state index is 0.00789. The van der Waals surface area contributed by atoms with E-state index in [4.69, 9.17) is 10.5 Å². The van der Waals surface area contributed by atoms with Crippen molar-refractivity contribution >= 4 is 5.91 Å². The van der Waals surface area contributed by atoms with Crippen LogP contribution in [0.15, 0.2) is 24.3 Å². The van der Waals surface area contributed by atoms with Gasteiger partial charge in [-0.15, -0.1) is 0 Å². The zero-order valence-electron chi connectivity index (χ0n) is 10.8. The van der Waals surface area contributed by atoms with Crippen molar-refractivity contribution in [3.63, 3.8) is 0 Å². The maximum atomic E-state index is 12.7. The van der Waals surface area contributed by atoms with Crippen molar-refractivity contribution in [2.24, 2.45) is 11.7 Å². The Morgan fingerprint density at radius 3 is 2.84 bits per heavy atom. The Bertz CT molecular complexity index is 422. The average Bonchev–Trinajstić information content (AvgIpc) is 2.46. The third-order valence-electron chi connectivity index (χ3n) is 3.35. The molecule has 2 N–H and O–H groups in total. The molecule has 104 valence electrons. The first-order chi connectivity index (χ1) is 9.19. The quantitative estimate of drug-likeness (QED) is 0.896. The number of halogens is 1. The van der Waals surface area contributed by atoms with Crippen molar-refractivity contribution in [2.45, 2.75) is 12.8 Å². The summed E-state index contributed by atoms with van der Waals surface area (Å²) in [4.78, 5) is 13.3. The summed E-state index contributed by atoms with van der Waals surface area (Å²) in [5.41, 5.74) is 5.37. The third kappa shape index (κ3) is 3.92. The molecule has 0 aliphatic carbocycles. The van der Waals surface area contributed by atoms with Crippen molar-refractivity contribution in [3.8, 4) is 5.75 Å². The highest BCUT2D eigenvalue weighted by molar-refractivity contribution is 5.78. The van der Waals surface area contributed by atoms with Crippen LogP contribution in [0.5, 0.6) is 5.75 Å². The molecule has 1 atom stereocenters. The minimum Gasteiger partial charge on any atom is -0.493 e. The topological polar surface area (TPSA) is 55.6 Å². The molecule has 0 saturated carbocycles. The predicted octanol–water partition coefficient (Wildman–Crippen LogP) is 1.40. The van der Waals surface area contributed by atoms with Crippen molar-refractivity contribution in [3.05, 3.63) is 30.1 Å². The van der Waals surface area contributed by atoms with Gasteiger partial charge in [0.15, 0.2) is 0 Å². The number of rotatable bonds is 4. The number of hydrogen-bond donors (Lipinski definition) is 1. The van der Waals surface area contributed by atoms with Crippen molar-refractivity contribution in [1.29, 1.82) is 0 Å². The van der Waals surface area contributed by atoms with Gasteiger partial charge in [0.2, 0.25) is 5.91 Å². The zero-order valence-corrected chi connectivity index (χ0v) is 10.8. The second kappa shape index (κ2) is 6.52. The highest BCUT2D eigenvalue weighted by Gasteiger charge is 2.23. The first-order valence-electron chi connectivity index (χ1n) is 6.55. The van der Waals surface area contributed by atoms with E-state index in [1.54, 1.807) is 17.0 Å². The Kier molecular flexibility index (Phi) is 4.74. The molecule has 0 unspecified atom stereocenters. The van der Waals surface area contributed by atoms with Gasteiger partial charge in [-0.1, -0.05) is 0 Å². The fourth-order valence-electron chi connectivity index (χ4n) is 2.30. The summed E-state index contributed by atoms with van der Waals surface area (Å²) in [7, 11) is 0. The highest BCUT2D eigenvalue weighted by atomic mass is 19.1. The van der Waals surface area contributed by atoms with Crippen LogP contribution in [0.1, 0.15) is 12.8 Å². The fourth-order valence-corrected chi connectivity index (χ4v) is 2.30. The summed E-state index contributed by atoms with van der Waals surface area (Å²) in [5.74, 6) is 0.689. The molecule has 1 aliphatic heterocycles. The number of piperidine rings is 1. The second-order valence-electron chi connectivity index (χ2n) is 4.82. The zero-order chi connectivity index (χ0) is 13.7. The molecule has 1 amide bonds. The molecule has 19 heavy (non-hydrogen) atoms. The molecule has 1 aliphatic rings. The molecule has 1 aromatic carbocycles. The molecule has 1 fully saturated rings. The van der Waals surface area contributed by atoms with E-state index in [1.807, 2.05) is 0 Å². The SMILES string of the molecule is NCC(=O)N1CCC[C@H](COc2ccc(F)cc2)C1. The maximum Gasteiger partial charge on any atom is 0.236 e. The van der Waals surface area contributed by atoms with E-state index >= 15 is 0 Å². The summed E-state index contributed by atoms with van der Waals surface area (Å²) in [6, 6.07) is 5.98. The van der Waals surface area contributed by atoms with E-state index in [0.29, 0.717) is 24.8 Å². The number of nitrogens with two attached hydrogens (primary N) is 1. The van der Waals surface area contributed by atoms with Gasteiger partial charge in [0.1, 0.15) is 11.6 Å². The Balaban J connectivity index is 1.82. The fraction of sp³-hybridized carbons (Fsp3) is 0.500. The van der Waals surface area contributed by atoms with E-state index in [0.717, 1.165) is 19.4 Å². The smallest absolute Gasteiger partial charge is 0.236 e. The molecular formula is C14H19FN2O2. The van der Waals surface area contributed by atoms with Crippen molar-refractivity contribution in [2.75, 3.05) is 26.2 Å². The van der Waals surface area contributed by atoms with Crippen LogP contribution < -0.4 is 10.5 Å². The predicted molar refractivity (Wildman–Crippen MR) is 70.3 cm³/mol. The molecule has 0 spiro atoms. The number of nitrogens with zero attached hydrogens (tertiary/aromatic N) is 1. The average molecular weight is 266 g/mol. The van der Waals surface area contributed by atoms with Gasteiger partial charge in [-0.3, -0.25) is 4.79 Å². The molecule has 0 radical (unpaired) electrons. The Morgan fingerprint density at radius 1 is 1.42 bits per heavy atom. The van der Waals surface area contributed by atoms with Gasteiger partial charge in [-0.05, 0) is 37.1 Å². The molecule has 5 heteroatoms. The first-order valence-corrected chi connectivity index (χ1v) is 6.55. The van der Waals surface area contributed by atoms with Gasteiger partial charge in [-0.2, -0.15) is 0 Å². The van der Waals surface area contributed by atoms with Crippen LogP contribution in [0.3, 0.4) is 0 Å². The lowest BCUT2D eigenvalue weighted by Crippen LogP contribution is -2.44. The number of ether oxygens (including phenoxy) is 1. The lowest BCUT2D eigenvalue weighted by molar-refractivity contribution is -0.131. The van der Waals surface area contributed by atoms with Crippen LogP contribution in [0.4, 0.5) is 4.39 Å². The van der Waals surface area contributed by atoms with Crippen molar-refractivity contribution < 1.29 is 13.9 Å². The van der Waals surface area contributed by atoms with Gasteiger partial charge in [0.25, 0.3) is 0 Å². The van der Waals surface area contributed by atoms with E-state index in [1.165, 1.54) is 12.1 Å². The molecule has 1 heterocycles. The van der Waals surface area contributed by atoms with E-state index < -0.39 is 0 Å².